The van der Waals surface area contributed by atoms with Crippen LogP contribution in [-0.4, -0.2) is 17.1 Å². The van der Waals surface area contributed by atoms with E-state index >= 15 is 0 Å². The van der Waals surface area contributed by atoms with Gasteiger partial charge in [0.2, 0.25) is 5.95 Å². The second-order valence-corrected chi connectivity index (χ2v) is 6.66. The van der Waals surface area contributed by atoms with Gasteiger partial charge in [-0.25, -0.2) is 4.98 Å². The van der Waals surface area contributed by atoms with Crippen LogP contribution in [0, 0.1) is 5.92 Å². The van der Waals surface area contributed by atoms with Crippen molar-refractivity contribution in [1.29, 1.82) is 0 Å². The van der Waals surface area contributed by atoms with Crippen LogP contribution in [0.5, 0.6) is 5.75 Å². The zero-order chi connectivity index (χ0) is 17.2. The van der Waals surface area contributed by atoms with Crippen molar-refractivity contribution in [2.24, 2.45) is 5.92 Å². The van der Waals surface area contributed by atoms with Gasteiger partial charge in [0.25, 0.3) is 0 Å². The smallest absolute Gasteiger partial charge is 0.228 e. The Bertz CT molecular complexity index is 862. The monoisotopic (exact) mass is 354 g/mol. The number of rotatable bonds is 1. The van der Waals surface area contributed by atoms with Crippen LogP contribution in [0.4, 0.5) is 17.5 Å². The molecule has 0 amide bonds. The number of hydrogen-bond acceptors (Lipinski definition) is 5. The third-order valence-electron chi connectivity index (χ3n) is 4.50. The van der Waals surface area contributed by atoms with Gasteiger partial charge in [-0.3, -0.25) is 0 Å². The molecule has 1 unspecified atom stereocenters. The van der Waals surface area contributed by atoms with Gasteiger partial charge in [-0.15, -0.1) is 0 Å². The number of halogens is 1. The lowest BCUT2D eigenvalue weighted by Crippen LogP contribution is -2.11. The van der Waals surface area contributed by atoms with E-state index in [0.29, 0.717) is 22.7 Å². The average Bonchev–Trinajstić information content (AvgIpc) is 2.63. The standard InChI is InChI=1S/C19H19ClN4O/c1-25-17-8-7-13-6-5-12-3-2-4-14(9-12)22-19-21-11-15(20)18(24-19)23-16(17)10-13/h2-4,7-8,10-12H,5-6,9H2,1H3,(H2,21,22,23,24). The summed E-state index contributed by atoms with van der Waals surface area (Å²) in [5.41, 5.74) is 3.22. The largest absolute Gasteiger partial charge is 0.495 e. The highest BCUT2D eigenvalue weighted by Gasteiger charge is 2.16. The number of ether oxygens (including phenoxy) is 1. The van der Waals surface area contributed by atoms with E-state index in [1.165, 1.54) is 5.56 Å². The summed E-state index contributed by atoms with van der Waals surface area (Å²) in [6, 6.07) is 6.19. The summed E-state index contributed by atoms with van der Waals surface area (Å²) < 4.78 is 5.47. The average molecular weight is 355 g/mol. The highest BCUT2D eigenvalue weighted by molar-refractivity contribution is 6.32. The summed E-state index contributed by atoms with van der Waals surface area (Å²) in [6.45, 7) is 0. The molecule has 0 spiro atoms. The minimum Gasteiger partial charge on any atom is -0.495 e. The number of aromatic nitrogens is 2. The van der Waals surface area contributed by atoms with Crippen LogP contribution >= 0.6 is 11.6 Å². The summed E-state index contributed by atoms with van der Waals surface area (Å²) in [5, 5.41) is 7.06. The van der Waals surface area contributed by atoms with Gasteiger partial charge in [0, 0.05) is 5.70 Å². The maximum absolute atomic E-state index is 6.28. The first-order chi connectivity index (χ1) is 12.2. The molecule has 2 heterocycles. The van der Waals surface area contributed by atoms with Crippen molar-refractivity contribution in [2.75, 3.05) is 17.7 Å². The first-order valence-corrected chi connectivity index (χ1v) is 8.70. The van der Waals surface area contributed by atoms with Gasteiger partial charge in [-0.05, 0) is 49.0 Å². The number of methoxy groups -OCH3 is 1. The van der Waals surface area contributed by atoms with Crippen LogP contribution in [0.25, 0.3) is 0 Å². The Morgan fingerprint density at radius 3 is 3.08 bits per heavy atom. The van der Waals surface area contributed by atoms with Gasteiger partial charge >= 0.3 is 0 Å². The highest BCUT2D eigenvalue weighted by Crippen LogP contribution is 2.33. The van der Waals surface area contributed by atoms with Crippen molar-refractivity contribution in [1.82, 2.24) is 9.97 Å². The molecule has 0 fully saturated rings. The number of anilines is 3. The molecule has 6 heteroatoms. The molecule has 25 heavy (non-hydrogen) atoms. The SMILES string of the molecule is COc1ccc2cc1Nc1nc(ncc1Cl)NC1=CC=CC(CC2)C1. The molecular weight excluding hydrogens is 336 g/mol. The number of aryl methyl sites for hydroxylation is 1. The van der Waals surface area contributed by atoms with Crippen LogP contribution in [0.1, 0.15) is 18.4 Å². The molecule has 1 aromatic heterocycles. The summed E-state index contributed by atoms with van der Waals surface area (Å²) in [7, 11) is 1.66. The zero-order valence-electron chi connectivity index (χ0n) is 13.9. The van der Waals surface area contributed by atoms with E-state index in [4.69, 9.17) is 16.3 Å². The lowest BCUT2D eigenvalue weighted by Gasteiger charge is -2.19. The Hall–Kier alpha value is -2.53. The van der Waals surface area contributed by atoms with E-state index in [-0.39, 0.29) is 0 Å². The Balaban J connectivity index is 1.79. The summed E-state index contributed by atoms with van der Waals surface area (Å²) in [4.78, 5) is 8.82. The molecule has 4 rings (SSSR count). The van der Waals surface area contributed by atoms with Crippen molar-refractivity contribution >= 4 is 29.1 Å². The molecule has 0 radical (unpaired) electrons. The predicted molar refractivity (Wildman–Crippen MR) is 101 cm³/mol. The molecule has 1 aliphatic carbocycles. The quantitative estimate of drug-likeness (QED) is 0.777. The van der Waals surface area contributed by atoms with Gasteiger partial charge in [0.05, 0.1) is 19.0 Å². The molecular formula is C19H19ClN4O. The molecule has 2 N–H and O–H groups in total. The van der Waals surface area contributed by atoms with E-state index < -0.39 is 0 Å². The number of fused-ring (bicyclic) bond motifs is 6. The number of nitrogens with zero attached hydrogens (tertiary/aromatic N) is 2. The third-order valence-corrected chi connectivity index (χ3v) is 4.78. The van der Waals surface area contributed by atoms with Crippen molar-refractivity contribution in [3.63, 3.8) is 0 Å². The van der Waals surface area contributed by atoms with Crippen LogP contribution in [0.15, 0.2) is 48.3 Å². The third kappa shape index (κ3) is 3.46. The van der Waals surface area contributed by atoms with Gasteiger partial charge in [0.1, 0.15) is 10.8 Å². The molecule has 1 aliphatic heterocycles. The van der Waals surface area contributed by atoms with Gasteiger partial charge in [-0.2, -0.15) is 4.98 Å². The normalized spacial score (nSPS) is 18.6. The predicted octanol–water partition coefficient (Wildman–Crippen LogP) is 4.70. The zero-order valence-corrected chi connectivity index (χ0v) is 14.7. The van der Waals surface area contributed by atoms with E-state index in [1.807, 2.05) is 6.07 Å². The first-order valence-electron chi connectivity index (χ1n) is 8.32. The fourth-order valence-electron chi connectivity index (χ4n) is 3.18. The van der Waals surface area contributed by atoms with Gasteiger partial charge < -0.3 is 15.4 Å². The molecule has 0 saturated heterocycles. The fourth-order valence-corrected chi connectivity index (χ4v) is 3.32. The van der Waals surface area contributed by atoms with Gasteiger partial charge in [-0.1, -0.05) is 29.8 Å². The minimum atomic E-state index is 0.461. The fraction of sp³-hybridized carbons (Fsp3) is 0.263. The molecule has 2 aliphatic rings. The van der Waals surface area contributed by atoms with Crippen molar-refractivity contribution in [2.45, 2.75) is 19.3 Å². The Morgan fingerprint density at radius 2 is 2.20 bits per heavy atom. The number of allylic oxidation sites excluding steroid dienone is 4. The molecule has 5 nitrogen and oxygen atoms in total. The summed E-state index contributed by atoms with van der Waals surface area (Å²) >= 11 is 6.28. The highest BCUT2D eigenvalue weighted by atomic mass is 35.5. The van der Waals surface area contributed by atoms with Crippen LogP contribution in [0.2, 0.25) is 5.02 Å². The molecule has 0 saturated carbocycles. The van der Waals surface area contributed by atoms with Crippen molar-refractivity contribution in [3.8, 4) is 5.75 Å². The molecule has 128 valence electrons. The topological polar surface area (TPSA) is 59.1 Å². The van der Waals surface area contributed by atoms with Gasteiger partial charge in [0.15, 0.2) is 5.82 Å². The van der Waals surface area contributed by atoms with Crippen LogP contribution in [-0.2, 0) is 6.42 Å². The minimum absolute atomic E-state index is 0.461. The summed E-state index contributed by atoms with van der Waals surface area (Å²) in [5.74, 6) is 2.33. The number of nitrogens with one attached hydrogen (secondary N) is 2. The summed E-state index contributed by atoms with van der Waals surface area (Å²) in [6.07, 6.45) is 11.1. The Kier molecular flexibility index (Phi) is 4.32. The molecule has 1 atom stereocenters. The number of hydrogen-bond donors (Lipinski definition) is 2. The maximum Gasteiger partial charge on any atom is 0.228 e. The Labute approximate surface area is 151 Å². The van der Waals surface area contributed by atoms with Crippen molar-refractivity contribution in [3.05, 3.63) is 58.9 Å². The first kappa shape index (κ1) is 16.0. The number of benzene rings is 1. The molecule has 1 aromatic carbocycles. The second kappa shape index (κ2) is 6.76. The van der Waals surface area contributed by atoms with Crippen LogP contribution < -0.4 is 15.4 Å². The molecule has 2 aromatic rings. The van der Waals surface area contributed by atoms with E-state index in [2.05, 4.69) is 51.0 Å². The lowest BCUT2D eigenvalue weighted by molar-refractivity contribution is 0.416. The molecule has 6 bridgehead atoms. The maximum atomic E-state index is 6.28. The van der Waals surface area contributed by atoms with Crippen molar-refractivity contribution < 1.29 is 4.74 Å². The lowest BCUT2D eigenvalue weighted by atomic mass is 9.91. The Morgan fingerprint density at radius 1 is 1.28 bits per heavy atom. The van der Waals surface area contributed by atoms with E-state index in [1.54, 1.807) is 13.3 Å². The van der Waals surface area contributed by atoms with E-state index in [9.17, 15) is 0 Å². The van der Waals surface area contributed by atoms with E-state index in [0.717, 1.165) is 36.4 Å². The second-order valence-electron chi connectivity index (χ2n) is 6.25. The van der Waals surface area contributed by atoms with Crippen LogP contribution in [0.3, 0.4) is 0 Å².